The topological polar surface area (TPSA) is 41.6 Å². The van der Waals surface area contributed by atoms with Gasteiger partial charge in [0.05, 0.1) is 17.2 Å². The first kappa shape index (κ1) is 7.70. The number of fused-ring (bicyclic) bond motifs is 1. The van der Waals surface area contributed by atoms with E-state index in [0.717, 1.165) is 22.4 Å². The number of H-pyrrole nitrogens is 1. The van der Waals surface area contributed by atoms with Crippen molar-refractivity contribution in [2.45, 2.75) is 0 Å². The molecule has 0 saturated heterocycles. The van der Waals surface area contributed by atoms with Gasteiger partial charge >= 0.3 is 0 Å². The van der Waals surface area contributed by atoms with Gasteiger partial charge in [0.2, 0.25) is 0 Å². The van der Waals surface area contributed by atoms with Crippen LogP contribution < -0.4 is 0 Å². The Balaban J connectivity index is 2.24. The van der Waals surface area contributed by atoms with Gasteiger partial charge < -0.3 is 4.98 Å². The Morgan fingerprint density at radius 2 is 2.14 bits per heavy atom. The first-order valence-corrected chi connectivity index (χ1v) is 5.11. The third-order valence-electron chi connectivity index (χ3n) is 2.10. The number of rotatable bonds is 1. The van der Waals surface area contributed by atoms with Crippen LogP contribution in [0.1, 0.15) is 0 Å². The van der Waals surface area contributed by atoms with Crippen LogP contribution in [0.25, 0.3) is 22.4 Å². The second kappa shape index (κ2) is 2.92. The smallest absolute Gasteiger partial charge is 0.140 e. The van der Waals surface area contributed by atoms with Gasteiger partial charge in [-0.1, -0.05) is 12.1 Å². The summed E-state index contributed by atoms with van der Waals surface area (Å²) in [6.07, 6.45) is 1.82. The van der Waals surface area contributed by atoms with Crippen LogP contribution in [0, 0.1) is 0 Å². The molecule has 3 nitrogen and oxygen atoms in total. The Bertz CT molecular complexity index is 521. The number of aromatic amines is 1. The van der Waals surface area contributed by atoms with E-state index >= 15 is 0 Å². The van der Waals surface area contributed by atoms with Crippen molar-refractivity contribution >= 4 is 22.6 Å². The highest BCUT2D eigenvalue weighted by molar-refractivity contribution is 7.03. The van der Waals surface area contributed by atoms with E-state index in [4.69, 9.17) is 0 Å². The normalized spacial score (nSPS) is 10.9. The summed E-state index contributed by atoms with van der Waals surface area (Å²) >= 11 is 1.43. The lowest BCUT2D eigenvalue weighted by molar-refractivity contribution is 1.34. The second-order valence-corrected chi connectivity index (χ2v) is 3.67. The van der Waals surface area contributed by atoms with Crippen molar-refractivity contribution < 1.29 is 0 Å². The molecule has 0 aliphatic heterocycles. The predicted octanol–water partition coefficient (Wildman–Crippen LogP) is 2.69. The molecule has 0 spiro atoms. The number of nitrogens with one attached hydrogen (secondary N) is 1. The van der Waals surface area contributed by atoms with Crippen LogP contribution in [0.15, 0.2) is 35.8 Å². The maximum absolute atomic E-state index is 4.47. The number of nitrogens with zero attached hydrogens (tertiary/aromatic N) is 2. The Morgan fingerprint density at radius 1 is 1.21 bits per heavy atom. The van der Waals surface area contributed by atoms with E-state index in [9.17, 15) is 0 Å². The van der Waals surface area contributed by atoms with Gasteiger partial charge in [0.25, 0.3) is 0 Å². The lowest BCUT2D eigenvalue weighted by atomic mass is 10.3. The average Bonchev–Trinajstić information content (AvgIpc) is 2.86. The summed E-state index contributed by atoms with van der Waals surface area (Å²) in [5.41, 5.74) is 3.11. The Labute approximate surface area is 84.6 Å². The van der Waals surface area contributed by atoms with Crippen LogP contribution in [0.5, 0.6) is 0 Å². The van der Waals surface area contributed by atoms with Crippen LogP contribution in [-0.2, 0) is 0 Å². The first-order valence-electron chi connectivity index (χ1n) is 4.28. The van der Waals surface area contributed by atoms with Gasteiger partial charge in [-0.25, -0.2) is 9.36 Å². The van der Waals surface area contributed by atoms with E-state index in [1.54, 1.807) is 0 Å². The second-order valence-electron chi connectivity index (χ2n) is 3.02. The fraction of sp³-hybridized carbons (Fsp3) is 0. The summed E-state index contributed by atoms with van der Waals surface area (Å²) in [6, 6.07) is 8.00. The monoisotopic (exact) mass is 201 g/mol. The summed E-state index contributed by atoms with van der Waals surface area (Å²) in [7, 11) is 0. The molecule has 0 aliphatic rings. The summed E-state index contributed by atoms with van der Waals surface area (Å²) in [6.45, 7) is 0. The van der Waals surface area contributed by atoms with E-state index in [-0.39, 0.29) is 0 Å². The third-order valence-corrected chi connectivity index (χ3v) is 2.68. The van der Waals surface area contributed by atoms with E-state index in [0.29, 0.717) is 0 Å². The number of hydrogen-bond acceptors (Lipinski definition) is 3. The maximum atomic E-state index is 4.47. The molecule has 4 heteroatoms. The highest BCUT2D eigenvalue weighted by Crippen LogP contribution is 2.20. The van der Waals surface area contributed by atoms with E-state index < -0.39 is 0 Å². The van der Waals surface area contributed by atoms with Gasteiger partial charge in [0.1, 0.15) is 5.82 Å². The van der Waals surface area contributed by atoms with Gasteiger partial charge in [-0.3, -0.25) is 0 Å². The van der Waals surface area contributed by atoms with E-state index in [1.807, 2.05) is 35.8 Å². The minimum atomic E-state index is 0.889. The number of hydrogen-bond donors (Lipinski definition) is 1. The molecule has 0 bridgehead atoms. The molecular formula is C10H7N3S. The summed E-state index contributed by atoms with van der Waals surface area (Å²) in [5, 5.41) is 1.98. The molecule has 2 heterocycles. The molecule has 0 fully saturated rings. The van der Waals surface area contributed by atoms with Crippen molar-refractivity contribution in [3.63, 3.8) is 0 Å². The van der Waals surface area contributed by atoms with Crippen LogP contribution in [0.3, 0.4) is 0 Å². The van der Waals surface area contributed by atoms with Crippen molar-refractivity contribution in [3.8, 4) is 11.4 Å². The molecule has 0 aliphatic carbocycles. The predicted molar refractivity (Wildman–Crippen MR) is 57.2 cm³/mol. The quantitative estimate of drug-likeness (QED) is 0.657. The zero-order chi connectivity index (χ0) is 9.38. The van der Waals surface area contributed by atoms with Crippen molar-refractivity contribution in [2.75, 3.05) is 0 Å². The van der Waals surface area contributed by atoms with Crippen molar-refractivity contribution in [2.24, 2.45) is 0 Å². The molecule has 0 amide bonds. The molecule has 3 aromatic rings. The van der Waals surface area contributed by atoms with E-state index in [1.165, 1.54) is 11.5 Å². The molecule has 0 unspecified atom stereocenters. The fourth-order valence-electron chi connectivity index (χ4n) is 1.41. The van der Waals surface area contributed by atoms with Crippen LogP contribution in [0.2, 0.25) is 0 Å². The van der Waals surface area contributed by atoms with Crippen molar-refractivity contribution in [1.29, 1.82) is 0 Å². The minimum Gasteiger partial charge on any atom is -0.338 e. The molecule has 1 N–H and O–H groups in total. The van der Waals surface area contributed by atoms with Crippen LogP contribution in [0.4, 0.5) is 0 Å². The SMILES string of the molecule is c1ccc2[nH]c(-c3cnsc3)nc2c1. The third kappa shape index (κ3) is 1.12. The van der Waals surface area contributed by atoms with Gasteiger partial charge in [-0.2, -0.15) is 0 Å². The van der Waals surface area contributed by atoms with Crippen LogP contribution in [-0.4, -0.2) is 14.3 Å². The Morgan fingerprint density at radius 3 is 2.93 bits per heavy atom. The van der Waals surface area contributed by atoms with Gasteiger partial charge in [0, 0.05) is 10.9 Å². The lowest BCUT2D eigenvalue weighted by Gasteiger charge is -1.85. The average molecular weight is 201 g/mol. The molecule has 14 heavy (non-hydrogen) atoms. The molecule has 0 radical (unpaired) electrons. The van der Waals surface area contributed by atoms with Crippen LogP contribution >= 0.6 is 11.5 Å². The fourth-order valence-corrected chi connectivity index (χ4v) is 1.93. The summed E-state index contributed by atoms with van der Waals surface area (Å²) < 4.78 is 4.05. The number of para-hydroxylation sites is 2. The molecule has 2 aromatic heterocycles. The minimum absolute atomic E-state index is 0.889. The molecule has 68 valence electrons. The van der Waals surface area contributed by atoms with Gasteiger partial charge in [0.15, 0.2) is 0 Å². The molecular weight excluding hydrogens is 194 g/mol. The first-order chi connectivity index (χ1) is 6.93. The molecule has 1 aromatic carbocycles. The highest BCUT2D eigenvalue weighted by Gasteiger charge is 2.04. The van der Waals surface area contributed by atoms with Crippen molar-refractivity contribution in [3.05, 3.63) is 35.8 Å². The van der Waals surface area contributed by atoms with E-state index in [2.05, 4.69) is 14.3 Å². The molecule has 3 rings (SSSR count). The standard InChI is InChI=1S/C10H7N3S/c1-2-4-9-8(3-1)12-10(13-9)7-5-11-14-6-7/h1-6H,(H,12,13). The number of imidazole rings is 1. The van der Waals surface area contributed by atoms with Crippen molar-refractivity contribution in [1.82, 2.24) is 14.3 Å². The Hall–Kier alpha value is -1.68. The maximum Gasteiger partial charge on any atom is 0.140 e. The highest BCUT2D eigenvalue weighted by atomic mass is 32.1. The van der Waals surface area contributed by atoms with Gasteiger partial charge in [-0.15, -0.1) is 0 Å². The largest absolute Gasteiger partial charge is 0.338 e. The number of benzene rings is 1. The zero-order valence-corrected chi connectivity index (χ0v) is 8.08. The zero-order valence-electron chi connectivity index (χ0n) is 7.27. The molecule has 0 atom stereocenters. The number of aromatic nitrogens is 3. The Kier molecular flexibility index (Phi) is 1.61. The summed E-state index contributed by atoms with van der Waals surface area (Å²) in [4.78, 5) is 7.72. The lowest BCUT2D eigenvalue weighted by Crippen LogP contribution is -1.74. The summed E-state index contributed by atoms with van der Waals surface area (Å²) in [5.74, 6) is 0.889. The van der Waals surface area contributed by atoms with Gasteiger partial charge in [-0.05, 0) is 23.7 Å². The molecule has 0 saturated carbocycles.